The fraction of sp³-hybridized carbons (Fsp3) is 0.208. The molecule has 0 fully saturated rings. The zero-order chi connectivity index (χ0) is 20.8. The third-order valence-corrected chi connectivity index (χ3v) is 5.24. The number of likely N-dealkylation sites (N-methyl/N-ethyl adjacent to an activating group) is 1. The summed E-state index contributed by atoms with van der Waals surface area (Å²) in [6, 6.07) is 15.8. The minimum Gasteiger partial charge on any atom is -0.361 e. The van der Waals surface area contributed by atoms with E-state index in [0.29, 0.717) is 12.1 Å². The number of carbonyl (C=O) groups is 1. The van der Waals surface area contributed by atoms with Gasteiger partial charge in [0.1, 0.15) is 5.82 Å². The quantitative estimate of drug-likeness (QED) is 0.475. The van der Waals surface area contributed by atoms with Crippen LogP contribution in [0, 0.1) is 0 Å². The van der Waals surface area contributed by atoms with Crippen molar-refractivity contribution in [3.8, 4) is 0 Å². The Kier molecular flexibility index (Phi) is 6.03. The predicted octanol–water partition coefficient (Wildman–Crippen LogP) is 3.61. The number of carbonyl (C=O) groups excluding carboxylic acids is 1. The molecule has 0 aliphatic rings. The summed E-state index contributed by atoms with van der Waals surface area (Å²) in [6.45, 7) is 1.39. The number of aromatic nitrogens is 3. The number of para-hydroxylation sites is 1. The van der Waals surface area contributed by atoms with Gasteiger partial charge in [-0.1, -0.05) is 18.2 Å². The lowest BCUT2D eigenvalue weighted by molar-refractivity contribution is 0.0954. The van der Waals surface area contributed by atoms with Gasteiger partial charge >= 0.3 is 0 Å². The Balaban J connectivity index is 1.33. The Morgan fingerprint density at radius 2 is 1.90 bits per heavy atom. The van der Waals surface area contributed by atoms with Gasteiger partial charge in [-0.3, -0.25) is 9.78 Å². The minimum absolute atomic E-state index is 0.0824. The summed E-state index contributed by atoms with van der Waals surface area (Å²) in [5, 5.41) is 4.22. The second kappa shape index (κ2) is 9.22. The van der Waals surface area contributed by atoms with E-state index in [1.54, 1.807) is 24.7 Å². The van der Waals surface area contributed by atoms with Crippen LogP contribution in [0.1, 0.15) is 21.5 Å². The second-order valence-electron chi connectivity index (χ2n) is 7.30. The van der Waals surface area contributed by atoms with Gasteiger partial charge in [-0.25, -0.2) is 4.98 Å². The van der Waals surface area contributed by atoms with E-state index >= 15 is 0 Å². The van der Waals surface area contributed by atoms with Crippen LogP contribution in [-0.2, 0) is 12.8 Å². The number of hydrogen-bond donors (Lipinski definition) is 2. The Bertz CT molecular complexity index is 1120. The molecule has 0 aliphatic heterocycles. The molecule has 30 heavy (non-hydrogen) atoms. The number of nitrogens with zero attached hydrogens (tertiary/aromatic N) is 3. The lowest BCUT2D eigenvalue weighted by atomic mass is 10.1. The highest BCUT2D eigenvalue weighted by atomic mass is 16.1. The third kappa shape index (κ3) is 4.66. The van der Waals surface area contributed by atoms with E-state index in [9.17, 15) is 4.79 Å². The number of pyridine rings is 2. The highest BCUT2D eigenvalue weighted by Crippen LogP contribution is 2.18. The van der Waals surface area contributed by atoms with Gasteiger partial charge in [0.15, 0.2) is 0 Å². The highest BCUT2D eigenvalue weighted by Gasteiger charge is 2.10. The normalized spacial score (nSPS) is 10.8. The van der Waals surface area contributed by atoms with Crippen molar-refractivity contribution in [1.82, 2.24) is 20.3 Å². The molecule has 4 aromatic rings. The standard InChI is InChI=1S/C24H25N5O/c1-29(15-10-18-6-11-25-12-7-18)23-16-19(8-13-26-23)24(30)27-14-9-20-17-28-22-5-3-2-4-21(20)22/h2-8,11-13,16-17,28H,9-10,14-15H2,1H3,(H,27,30). The van der Waals surface area contributed by atoms with Crippen molar-refractivity contribution in [2.45, 2.75) is 12.8 Å². The molecule has 0 saturated heterocycles. The zero-order valence-corrected chi connectivity index (χ0v) is 17.0. The molecule has 0 bridgehead atoms. The Labute approximate surface area is 176 Å². The molecule has 0 aliphatic carbocycles. The highest BCUT2D eigenvalue weighted by molar-refractivity contribution is 5.94. The van der Waals surface area contributed by atoms with Crippen molar-refractivity contribution in [2.75, 3.05) is 25.0 Å². The van der Waals surface area contributed by atoms with Crippen molar-refractivity contribution in [3.63, 3.8) is 0 Å². The molecule has 1 amide bonds. The molecule has 3 aromatic heterocycles. The summed E-state index contributed by atoms with van der Waals surface area (Å²) >= 11 is 0. The van der Waals surface area contributed by atoms with E-state index in [1.165, 1.54) is 16.5 Å². The molecule has 0 unspecified atom stereocenters. The van der Waals surface area contributed by atoms with Crippen LogP contribution in [-0.4, -0.2) is 41.0 Å². The predicted molar refractivity (Wildman–Crippen MR) is 120 cm³/mol. The molecule has 6 nitrogen and oxygen atoms in total. The van der Waals surface area contributed by atoms with E-state index < -0.39 is 0 Å². The molecule has 4 rings (SSSR count). The largest absolute Gasteiger partial charge is 0.361 e. The van der Waals surface area contributed by atoms with Crippen LogP contribution >= 0.6 is 0 Å². The first-order valence-electron chi connectivity index (χ1n) is 10.1. The van der Waals surface area contributed by atoms with Gasteiger partial charge in [-0.2, -0.15) is 0 Å². The van der Waals surface area contributed by atoms with Crippen LogP contribution in [0.5, 0.6) is 0 Å². The maximum Gasteiger partial charge on any atom is 0.251 e. The second-order valence-corrected chi connectivity index (χ2v) is 7.30. The van der Waals surface area contributed by atoms with Crippen molar-refractivity contribution in [3.05, 3.63) is 90.0 Å². The summed E-state index contributed by atoms with van der Waals surface area (Å²) in [4.78, 5) is 26.4. The number of anilines is 1. The van der Waals surface area contributed by atoms with Crippen molar-refractivity contribution in [1.29, 1.82) is 0 Å². The molecule has 0 radical (unpaired) electrons. The average Bonchev–Trinajstić information content (AvgIpc) is 3.21. The van der Waals surface area contributed by atoms with Crippen LogP contribution in [0.25, 0.3) is 10.9 Å². The fourth-order valence-electron chi connectivity index (χ4n) is 3.48. The number of nitrogens with one attached hydrogen (secondary N) is 2. The summed E-state index contributed by atoms with van der Waals surface area (Å²) in [5.41, 5.74) is 4.17. The number of aromatic amines is 1. The third-order valence-electron chi connectivity index (χ3n) is 5.24. The van der Waals surface area contributed by atoms with Gasteiger partial charge in [0.2, 0.25) is 0 Å². The van der Waals surface area contributed by atoms with Crippen LogP contribution in [0.15, 0.2) is 73.3 Å². The maximum atomic E-state index is 12.6. The van der Waals surface area contributed by atoms with Crippen LogP contribution in [0.3, 0.4) is 0 Å². The Morgan fingerprint density at radius 1 is 1.07 bits per heavy atom. The van der Waals surface area contributed by atoms with Crippen molar-refractivity contribution in [2.24, 2.45) is 0 Å². The van der Waals surface area contributed by atoms with E-state index in [0.717, 1.165) is 30.7 Å². The molecule has 0 spiro atoms. The van der Waals surface area contributed by atoms with Crippen LogP contribution < -0.4 is 10.2 Å². The first-order valence-corrected chi connectivity index (χ1v) is 10.1. The number of hydrogen-bond acceptors (Lipinski definition) is 4. The van der Waals surface area contributed by atoms with E-state index in [2.05, 4.69) is 37.3 Å². The van der Waals surface area contributed by atoms with Crippen molar-refractivity contribution >= 4 is 22.6 Å². The van der Waals surface area contributed by atoms with Gasteiger partial charge in [0, 0.05) is 61.4 Å². The summed E-state index contributed by atoms with van der Waals surface area (Å²) in [6.07, 6.45) is 8.97. The summed E-state index contributed by atoms with van der Waals surface area (Å²) in [7, 11) is 1.99. The Hall–Kier alpha value is -3.67. The lowest BCUT2D eigenvalue weighted by Gasteiger charge is -2.18. The Morgan fingerprint density at radius 3 is 2.77 bits per heavy atom. The maximum absolute atomic E-state index is 12.6. The van der Waals surface area contributed by atoms with Gasteiger partial charge in [0.05, 0.1) is 0 Å². The lowest BCUT2D eigenvalue weighted by Crippen LogP contribution is -2.26. The molecule has 2 N–H and O–H groups in total. The topological polar surface area (TPSA) is 73.9 Å². The molecular weight excluding hydrogens is 374 g/mol. The molecule has 3 heterocycles. The molecule has 0 saturated carbocycles. The number of benzene rings is 1. The summed E-state index contributed by atoms with van der Waals surface area (Å²) in [5.74, 6) is 0.703. The molecule has 1 aromatic carbocycles. The van der Waals surface area contributed by atoms with Crippen LogP contribution in [0.2, 0.25) is 0 Å². The van der Waals surface area contributed by atoms with Gasteiger partial charge in [-0.15, -0.1) is 0 Å². The molecule has 6 heteroatoms. The first-order chi connectivity index (χ1) is 14.7. The van der Waals surface area contributed by atoms with E-state index in [-0.39, 0.29) is 5.91 Å². The van der Waals surface area contributed by atoms with Crippen molar-refractivity contribution < 1.29 is 4.79 Å². The fourth-order valence-corrected chi connectivity index (χ4v) is 3.48. The smallest absolute Gasteiger partial charge is 0.251 e. The van der Waals surface area contributed by atoms with Gasteiger partial charge < -0.3 is 15.2 Å². The van der Waals surface area contributed by atoms with Gasteiger partial charge in [-0.05, 0) is 54.3 Å². The van der Waals surface area contributed by atoms with E-state index in [1.807, 2.05) is 43.6 Å². The number of amides is 1. The number of rotatable bonds is 8. The van der Waals surface area contributed by atoms with Gasteiger partial charge in [0.25, 0.3) is 5.91 Å². The minimum atomic E-state index is -0.0824. The van der Waals surface area contributed by atoms with E-state index in [4.69, 9.17) is 0 Å². The zero-order valence-electron chi connectivity index (χ0n) is 17.0. The summed E-state index contributed by atoms with van der Waals surface area (Å²) < 4.78 is 0. The molecule has 0 atom stereocenters. The van der Waals surface area contributed by atoms with Crippen LogP contribution in [0.4, 0.5) is 5.82 Å². The molecular formula is C24H25N5O. The SMILES string of the molecule is CN(CCc1ccncc1)c1cc(C(=O)NCCc2c[nH]c3ccccc23)ccn1. The number of H-pyrrole nitrogens is 1. The average molecular weight is 399 g/mol. The number of fused-ring (bicyclic) bond motifs is 1. The molecule has 152 valence electrons. The monoisotopic (exact) mass is 399 g/mol. The first kappa shape index (κ1) is 19.6.